The van der Waals surface area contributed by atoms with E-state index in [1.54, 1.807) is 0 Å². The summed E-state index contributed by atoms with van der Waals surface area (Å²) < 4.78 is 0. The summed E-state index contributed by atoms with van der Waals surface area (Å²) in [5, 5.41) is 5.28. The zero-order chi connectivity index (χ0) is 11.8. The van der Waals surface area contributed by atoms with Crippen LogP contribution in [0.1, 0.15) is 27.2 Å². The van der Waals surface area contributed by atoms with Crippen molar-refractivity contribution in [3.8, 4) is 12.3 Å². The lowest BCUT2D eigenvalue weighted by molar-refractivity contribution is -0.129. The molecule has 4 nitrogen and oxygen atoms in total. The molecule has 0 heterocycles. The van der Waals surface area contributed by atoms with Gasteiger partial charge in [0.05, 0.1) is 0 Å². The second-order valence-electron chi connectivity index (χ2n) is 3.67. The smallest absolute Gasteiger partial charge is 0.242 e. The Morgan fingerprint density at radius 3 is 2.40 bits per heavy atom. The Kier molecular flexibility index (Phi) is 6.19. The predicted molar refractivity (Wildman–Crippen MR) is 58.9 cm³/mol. The standard InChI is InChI=1S/C11H18N2O2/c1-5-6-7-12-11(15)10(8(2)3)13-9(4)14/h1,8,10H,6-7H2,2-4H3,(H,12,15)(H,13,14). The van der Waals surface area contributed by atoms with Gasteiger partial charge in [0.1, 0.15) is 6.04 Å². The van der Waals surface area contributed by atoms with Gasteiger partial charge in [-0.15, -0.1) is 12.3 Å². The molecule has 84 valence electrons. The maximum Gasteiger partial charge on any atom is 0.242 e. The minimum absolute atomic E-state index is 0.0553. The molecule has 0 aromatic rings. The van der Waals surface area contributed by atoms with Crippen molar-refractivity contribution in [2.75, 3.05) is 6.54 Å². The molecule has 0 rings (SSSR count). The molecule has 0 aliphatic carbocycles. The fraction of sp³-hybridized carbons (Fsp3) is 0.636. The monoisotopic (exact) mass is 210 g/mol. The molecular weight excluding hydrogens is 192 g/mol. The number of rotatable bonds is 5. The van der Waals surface area contributed by atoms with Crippen LogP contribution in [-0.2, 0) is 9.59 Å². The Balaban J connectivity index is 4.18. The summed E-state index contributed by atoms with van der Waals surface area (Å²) >= 11 is 0. The Morgan fingerprint density at radius 1 is 1.40 bits per heavy atom. The van der Waals surface area contributed by atoms with Crippen molar-refractivity contribution in [2.45, 2.75) is 33.2 Å². The minimum atomic E-state index is -0.486. The van der Waals surface area contributed by atoms with E-state index in [2.05, 4.69) is 16.6 Å². The minimum Gasteiger partial charge on any atom is -0.353 e. The maximum absolute atomic E-state index is 11.6. The van der Waals surface area contributed by atoms with E-state index in [4.69, 9.17) is 6.42 Å². The van der Waals surface area contributed by atoms with Crippen molar-refractivity contribution in [1.29, 1.82) is 0 Å². The van der Waals surface area contributed by atoms with Crippen molar-refractivity contribution >= 4 is 11.8 Å². The third kappa shape index (κ3) is 5.74. The van der Waals surface area contributed by atoms with E-state index in [0.29, 0.717) is 13.0 Å². The van der Waals surface area contributed by atoms with Gasteiger partial charge < -0.3 is 10.6 Å². The van der Waals surface area contributed by atoms with Gasteiger partial charge in [-0.1, -0.05) is 13.8 Å². The first kappa shape index (κ1) is 13.5. The number of amides is 2. The first-order chi connectivity index (χ1) is 6.99. The topological polar surface area (TPSA) is 58.2 Å². The summed E-state index contributed by atoms with van der Waals surface area (Å²) in [5.41, 5.74) is 0. The molecular formula is C11H18N2O2. The summed E-state index contributed by atoms with van der Waals surface area (Å²) in [4.78, 5) is 22.5. The highest BCUT2D eigenvalue weighted by Gasteiger charge is 2.22. The van der Waals surface area contributed by atoms with E-state index in [1.807, 2.05) is 13.8 Å². The molecule has 0 bridgehead atoms. The van der Waals surface area contributed by atoms with Gasteiger partial charge >= 0.3 is 0 Å². The van der Waals surface area contributed by atoms with Crippen molar-refractivity contribution in [3.05, 3.63) is 0 Å². The molecule has 1 unspecified atom stereocenters. The highest BCUT2D eigenvalue weighted by atomic mass is 16.2. The Bertz CT molecular complexity index is 266. The third-order valence-corrected chi connectivity index (χ3v) is 1.88. The lowest BCUT2D eigenvalue weighted by Gasteiger charge is -2.20. The van der Waals surface area contributed by atoms with Gasteiger partial charge in [0.2, 0.25) is 11.8 Å². The molecule has 0 saturated heterocycles. The number of nitrogens with one attached hydrogen (secondary N) is 2. The zero-order valence-corrected chi connectivity index (χ0v) is 9.46. The van der Waals surface area contributed by atoms with Crippen molar-refractivity contribution in [2.24, 2.45) is 5.92 Å². The molecule has 0 aromatic carbocycles. The molecule has 0 aliphatic rings. The van der Waals surface area contributed by atoms with Crippen LogP contribution >= 0.6 is 0 Å². The number of carbonyl (C=O) groups excluding carboxylic acids is 2. The predicted octanol–water partition coefficient (Wildman–Crippen LogP) is 0.287. The van der Waals surface area contributed by atoms with Crippen LogP contribution < -0.4 is 10.6 Å². The SMILES string of the molecule is C#CCCNC(=O)C(NC(C)=O)C(C)C. The second kappa shape index (κ2) is 6.88. The Hall–Kier alpha value is -1.50. The molecule has 0 aliphatic heterocycles. The van der Waals surface area contributed by atoms with Crippen molar-refractivity contribution in [1.82, 2.24) is 10.6 Å². The molecule has 0 aromatic heterocycles. The molecule has 4 heteroatoms. The molecule has 15 heavy (non-hydrogen) atoms. The van der Waals surface area contributed by atoms with E-state index >= 15 is 0 Å². The van der Waals surface area contributed by atoms with E-state index < -0.39 is 6.04 Å². The number of hydrogen-bond donors (Lipinski definition) is 2. The van der Waals surface area contributed by atoms with Crippen LogP contribution in [-0.4, -0.2) is 24.4 Å². The summed E-state index contributed by atoms with van der Waals surface area (Å²) in [6, 6.07) is -0.486. The highest BCUT2D eigenvalue weighted by molar-refractivity contribution is 5.86. The zero-order valence-electron chi connectivity index (χ0n) is 9.46. The van der Waals surface area contributed by atoms with Crippen LogP contribution in [0.5, 0.6) is 0 Å². The normalized spacial score (nSPS) is 11.7. The van der Waals surface area contributed by atoms with Gasteiger partial charge in [-0.25, -0.2) is 0 Å². The first-order valence-electron chi connectivity index (χ1n) is 4.97. The lowest BCUT2D eigenvalue weighted by atomic mass is 10.0. The molecule has 0 radical (unpaired) electrons. The Morgan fingerprint density at radius 2 is 2.00 bits per heavy atom. The molecule has 2 amide bonds. The molecule has 0 saturated carbocycles. The average molecular weight is 210 g/mol. The van der Waals surface area contributed by atoms with Crippen LogP contribution in [0.4, 0.5) is 0 Å². The van der Waals surface area contributed by atoms with Crippen LogP contribution in [0.2, 0.25) is 0 Å². The fourth-order valence-electron chi connectivity index (χ4n) is 1.12. The fourth-order valence-corrected chi connectivity index (χ4v) is 1.12. The molecule has 1 atom stereocenters. The largest absolute Gasteiger partial charge is 0.353 e. The van der Waals surface area contributed by atoms with E-state index in [1.165, 1.54) is 6.92 Å². The summed E-state index contributed by atoms with van der Waals surface area (Å²) in [5.74, 6) is 2.09. The summed E-state index contributed by atoms with van der Waals surface area (Å²) in [6.07, 6.45) is 5.56. The first-order valence-corrected chi connectivity index (χ1v) is 4.97. The number of hydrogen-bond acceptors (Lipinski definition) is 2. The Labute approximate surface area is 90.8 Å². The maximum atomic E-state index is 11.6. The highest BCUT2D eigenvalue weighted by Crippen LogP contribution is 2.01. The van der Waals surface area contributed by atoms with Crippen molar-refractivity contribution < 1.29 is 9.59 Å². The van der Waals surface area contributed by atoms with Crippen LogP contribution in [0.3, 0.4) is 0 Å². The van der Waals surface area contributed by atoms with Gasteiger partial charge in [0.15, 0.2) is 0 Å². The third-order valence-electron chi connectivity index (χ3n) is 1.88. The number of carbonyl (C=O) groups is 2. The van der Waals surface area contributed by atoms with E-state index in [9.17, 15) is 9.59 Å². The summed E-state index contributed by atoms with van der Waals surface area (Å²) in [7, 11) is 0. The lowest BCUT2D eigenvalue weighted by Crippen LogP contribution is -2.49. The summed E-state index contributed by atoms with van der Waals surface area (Å²) in [6.45, 7) is 5.59. The second-order valence-corrected chi connectivity index (χ2v) is 3.67. The average Bonchev–Trinajstić information content (AvgIpc) is 2.13. The van der Waals surface area contributed by atoms with Gasteiger partial charge in [-0.05, 0) is 5.92 Å². The molecule has 0 spiro atoms. The van der Waals surface area contributed by atoms with Gasteiger partial charge in [-0.3, -0.25) is 9.59 Å². The van der Waals surface area contributed by atoms with Crippen LogP contribution in [0.15, 0.2) is 0 Å². The molecule has 0 fully saturated rings. The van der Waals surface area contributed by atoms with Crippen LogP contribution in [0, 0.1) is 18.3 Å². The number of terminal acetylenes is 1. The van der Waals surface area contributed by atoms with Gasteiger partial charge in [0.25, 0.3) is 0 Å². The van der Waals surface area contributed by atoms with E-state index in [-0.39, 0.29) is 17.7 Å². The van der Waals surface area contributed by atoms with Gasteiger partial charge in [-0.2, -0.15) is 0 Å². The van der Waals surface area contributed by atoms with Crippen molar-refractivity contribution in [3.63, 3.8) is 0 Å². The molecule has 2 N–H and O–H groups in total. The van der Waals surface area contributed by atoms with E-state index in [0.717, 1.165) is 0 Å². The van der Waals surface area contributed by atoms with Crippen LogP contribution in [0.25, 0.3) is 0 Å². The quantitative estimate of drug-likeness (QED) is 0.506. The van der Waals surface area contributed by atoms with Gasteiger partial charge in [0, 0.05) is 19.9 Å².